The van der Waals surface area contributed by atoms with Gasteiger partial charge >= 0.3 is 0 Å². The fourth-order valence-electron chi connectivity index (χ4n) is 6.62. The number of halogens is 1. The zero-order valence-electron chi connectivity index (χ0n) is 24.4. The van der Waals surface area contributed by atoms with E-state index in [1.165, 1.54) is 84.0 Å². The standard InChI is InChI=1S/C32H51ClN4O3/c33-29-22-28(31-27(30(29)34)14-21-40-31)32(39)35-23-25-10-18-37(19-11-25)24-26-12-16-36(17-13-26)15-8-6-4-2-1-3-5-7-9-20-38/h20,22,25-26H,1-19,21,23-24,34H2,(H,35,39). The Morgan fingerprint density at radius 1 is 0.950 bits per heavy atom. The Hall–Kier alpha value is -1.83. The Balaban J connectivity index is 1.04. The van der Waals surface area contributed by atoms with Crippen LogP contribution in [-0.4, -0.2) is 74.4 Å². The molecule has 8 heteroatoms. The first-order chi connectivity index (χ1) is 19.5. The molecule has 4 rings (SSSR count). The summed E-state index contributed by atoms with van der Waals surface area (Å²) in [7, 11) is 0. The molecule has 2 fully saturated rings. The van der Waals surface area contributed by atoms with Crippen molar-refractivity contribution in [3.05, 3.63) is 22.2 Å². The highest BCUT2D eigenvalue weighted by Crippen LogP contribution is 2.38. The van der Waals surface area contributed by atoms with Crippen molar-refractivity contribution in [1.82, 2.24) is 15.1 Å². The van der Waals surface area contributed by atoms with Crippen LogP contribution in [0.3, 0.4) is 0 Å². The Bertz CT molecular complexity index is 943. The van der Waals surface area contributed by atoms with Gasteiger partial charge in [-0.3, -0.25) is 4.79 Å². The van der Waals surface area contributed by atoms with Gasteiger partial charge in [0.05, 0.1) is 22.9 Å². The van der Waals surface area contributed by atoms with Crippen molar-refractivity contribution in [2.24, 2.45) is 11.8 Å². The van der Waals surface area contributed by atoms with E-state index >= 15 is 0 Å². The number of carbonyl (C=O) groups excluding carboxylic acids is 2. The average molecular weight is 575 g/mol. The molecule has 0 bridgehead atoms. The number of unbranched alkanes of at least 4 members (excludes halogenated alkanes) is 8. The normalized spacial score (nSPS) is 18.9. The van der Waals surface area contributed by atoms with Crippen molar-refractivity contribution < 1.29 is 14.3 Å². The van der Waals surface area contributed by atoms with Gasteiger partial charge < -0.3 is 30.4 Å². The molecular formula is C32H51ClN4O3. The first-order valence-corrected chi connectivity index (χ1v) is 16.3. The Morgan fingerprint density at radius 2 is 1.57 bits per heavy atom. The molecular weight excluding hydrogens is 524 g/mol. The number of aldehydes is 1. The highest BCUT2D eigenvalue weighted by molar-refractivity contribution is 6.33. The maximum Gasteiger partial charge on any atom is 0.255 e. The third-order valence-corrected chi connectivity index (χ3v) is 9.56. The number of carbonyl (C=O) groups is 2. The lowest BCUT2D eigenvalue weighted by atomic mass is 9.92. The van der Waals surface area contributed by atoms with E-state index in [9.17, 15) is 9.59 Å². The summed E-state index contributed by atoms with van der Waals surface area (Å²) >= 11 is 6.28. The van der Waals surface area contributed by atoms with Gasteiger partial charge in [-0.15, -0.1) is 0 Å². The number of fused-ring (bicyclic) bond motifs is 1. The van der Waals surface area contributed by atoms with E-state index in [1.54, 1.807) is 6.07 Å². The van der Waals surface area contributed by atoms with Crippen LogP contribution in [0.2, 0.25) is 5.02 Å². The lowest BCUT2D eigenvalue weighted by Crippen LogP contribution is -2.43. The molecule has 0 unspecified atom stereocenters. The molecule has 2 saturated heterocycles. The second-order valence-corrected chi connectivity index (χ2v) is 12.7. The molecule has 7 nitrogen and oxygen atoms in total. The smallest absolute Gasteiger partial charge is 0.255 e. The van der Waals surface area contributed by atoms with Gasteiger partial charge in [0.25, 0.3) is 5.91 Å². The third kappa shape index (κ3) is 9.35. The van der Waals surface area contributed by atoms with E-state index in [4.69, 9.17) is 22.1 Å². The molecule has 3 N–H and O–H groups in total. The van der Waals surface area contributed by atoms with E-state index in [2.05, 4.69) is 15.1 Å². The van der Waals surface area contributed by atoms with E-state index in [1.807, 2.05) is 0 Å². The van der Waals surface area contributed by atoms with E-state index < -0.39 is 0 Å². The molecule has 40 heavy (non-hydrogen) atoms. The zero-order chi connectivity index (χ0) is 28.2. The van der Waals surface area contributed by atoms with E-state index in [-0.39, 0.29) is 5.91 Å². The van der Waals surface area contributed by atoms with Crippen LogP contribution < -0.4 is 15.8 Å². The predicted molar refractivity (Wildman–Crippen MR) is 163 cm³/mol. The number of nitrogen functional groups attached to an aromatic ring is 1. The van der Waals surface area contributed by atoms with Crippen molar-refractivity contribution >= 4 is 29.5 Å². The van der Waals surface area contributed by atoms with Crippen molar-refractivity contribution in [3.63, 3.8) is 0 Å². The van der Waals surface area contributed by atoms with Gasteiger partial charge in [-0.25, -0.2) is 0 Å². The topological polar surface area (TPSA) is 87.9 Å². The number of nitrogens with two attached hydrogens (primary N) is 1. The molecule has 3 aliphatic rings. The molecule has 1 amide bonds. The highest BCUT2D eigenvalue weighted by Gasteiger charge is 2.27. The van der Waals surface area contributed by atoms with Crippen molar-refractivity contribution in [1.29, 1.82) is 0 Å². The van der Waals surface area contributed by atoms with Crippen LogP contribution in [0.5, 0.6) is 5.75 Å². The lowest BCUT2D eigenvalue weighted by Gasteiger charge is -2.37. The SMILES string of the molecule is Nc1c(Cl)cc(C(=O)NCC2CCN(CC3CCN(CCCCCCCCCCC=O)CC3)CC2)c2c1CCO2. The van der Waals surface area contributed by atoms with Crippen molar-refractivity contribution in [3.8, 4) is 5.75 Å². The summed E-state index contributed by atoms with van der Waals surface area (Å²) in [6.45, 7) is 8.51. The van der Waals surface area contributed by atoms with Gasteiger partial charge in [-0.1, -0.05) is 50.1 Å². The highest BCUT2D eigenvalue weighted by atomic mass is 35.5. The minimum Gasteiger partial charge on any atom is -0.492 e. The molecule has 1 aromatic rings. The van der Waals surface area contributed by atoms with Crippen molar-refractivity contribution in [2.75, 3.05) is 58.2 Å². The molecule has 224 valence electrons. The number of hydrogen-bond acceptors (Lipinski definition) is 6. The summed E-state index contributed by atoms with van der Waals surface area (Å²) < 4.78 is 5.70. The maximum atomic E-state index is 12.9. The first kappa shape index (κ1) is 31.1. The number of ether oxygens (including phenoxy) is 1. The Kier molecular flexibility index (Phi) is 12.9. The van der Waals surface area contributed by atoms with E-state index in [0.717, 1.165) is 56.5 Å². The second kappa shape index (κ2) is 16.6. The molecule has 1 aromatic carbocycles. The Morgan fingerprint density at radius 3 is 2.27 bits per heavy atom. The Labute approximate surface area is 246 Å². The summed E-state index contributed by atoms with van der Waals surface area (Å²) in [6, 6.07) is 1.65. The van der Waals surface area contributed by atoms with E-state index in [0.29, 0.717) is 47.5 Å². The summed E-state index contributed by atoms with van der Waals surface area (Å²) in [6.07, 6.45) is 17.7. The minimum atomic E-state index is -0.114. The molecule has 0 spiro atoms. The number of piperidine rings is 2. The number of benzene rings is 1. The minimum absolute atomic E-state index is 0.114. The summed E-state index contributed by atoms with van der Waals surface area (Å²) in [5.41, 5.74) is 7.98. The first-order valence-electron chi connectivity index (χ1n) is 15.9. The third-order valence-electron chi connectivity index (χ3n) is 9.24. The summed E-state index contributed by atoms with van der Waals surface area (Å²) in [5.74, 6) is 1.83. The largest absolute Gasteiger partial charge is 0.492 e. The molecule has 3 heterocycles. The van der Waals surface area contributed by atoms with Crippen LogP contribution in [-0.2, 0) is 11.2 Å². The number of amides is 1. The molecule has 0 aromatic heterocycles. The molecule has 0 radical (unpaired) electrons. The number of nitrogens with zero attached hydrogens (tertiary/aromatic N) is 2. The predicted octanol–water partition coefficient (Wildman–Crippen LogP) is 5.72. The van der Waals surface area contributed by atoms with Crippen molar-refractivity contribution in [2.45, 2.75) is 89.9 Å². The molecule has 0 saturated carbocycles. The van der Waals surface area contributed by atoms with Gasteiger partial charge in [-0.2, -0.15) is 0 Å². The van der Waals surface area contributed by atoms with Crippen LogP contribution in [0.4, 0.5) is 5.69 Å². The number of hydrogen-bond donors (Lipinski definition) is 2. The van der Waals surface area contributed by atoms with Crippen LogP contribution in [0.1, 0.15) is 99.4 Å². The number of likely N-dealkylation sites (tertiary alicyclic amines) is 2. The monoisotopic (exact) mass is 574 g/mol. The number of rotatable bonds is 16. The van der Waals surface area contributed by atoms with Gasteiger partial charge in [0.15, 0.2) is 0 Å². The van der Waals surface area contributed by atoms with Crippen LogP contribution in [0, 0.1) is 11.8 Å². The maximum absolute atomic E-state index is 12.9. The van der Waals surface area contributed by atoms with Crippen LogP contribution in [0.25, 0.3) is 0 Å². The van der Waals surface area contributed by atoms with Gasteiger partial charge in [-0.05, 0) is 89.2 Å². The second-order valence-electron chi connectivity index (χ2n) is 12.2. The molecule has 0 atom stereocenters. The lowest BCUT2D eigenvalue weighted by molar-refractivity contribution is -0.107. The zero-order valence-corrected chi connectivity index (χ0v) is 25.2. The summed E-state index contributed by atoms with van der Waals surface area (Å²) in [4.78, 5) is 28.6. The van der Waals surface area contributed by atoms with Gasteiger partial charge in [0, 0.05) is 31.5 Å². The molecule has 3 aliphatic heterocycles. The van der Waals surface area contributed by atoms with Gasteiger partial charge in [0.1, 0.15) is 12.0 Å². The van der Waals surface area contributed by atoms with Crippen LogP contribution in [0.15, 0.2) is 6.07 Å². The van der Waals surface area contributed by atoms with Gasteiger partial charge in [0.2, 0.25) is 0 Å². The fraction of sp³-hybridized carbons (Fsp3) is 0.750. The van der Waals surface area contributed by atoms with Crippen LogP contribution >= 0.6 is 11.6 Å². The number of nitrogens with one attached hydrogen (secondary N) is 1. The quantitative estimate of drug-likeness (QED) is 0.149. The average Bonchev–Trinajstić information content (AvgIpc) is 3.47. The summed E-state index contributed by atoms with van der Waals surface area (Å²) in [5, 5.41) is 3.56. The fourth-order valence-corrected chi connectivity index (χ4v) is 6.85. The molecule has 0 aliphatic carbocycles. The number of anilines is 1.